The summed E-state index contributed by atoms with van der Waals surface area (Å²) >= 11 is 3.00. The van der Waals surface area contributed by atoms with Crippen LogP contribution in [-0.4, -0.2) is 16.0 Å². The Morgan fingerprint density at radius 2 is 2.12 bits per heavy atom. The quantitative estimate of drug-likeness (QED) is 0.524. The monoisotopic (exact) mass is 291 g/mol. The molecule has 0 aliphatic rings. The Labute approximate surface area is 98.2 Å². The largest absolute Gasteiger partial charge is 0.481 e. The summed E-state index contributed by atoms with van der Waals surface area (Å²) in [5.41, 5.74) is -0.296. The normalized spacial score (nSPS) is 10.1. The van der Waals surface area contributed by atoms with Crippen molar-refractivity contribution in [2.75, 3.05) is 0 Å². The number of hydrogen-bond acceptors (Lipinski definition) is 3. The zero-order valence-corrected chi connectivity index (χ0v) is 9.53. The van der Waals surface area contributed by atoms with Gasteiger partial charge in [-0.3, -0.25) is 14.9 Å². The third-order valence-electron chi connectivity index (χ3n) is 1.93. The smallest absolute Gasteiger partial charge is 0.307 e. The summed E-state index contributed by atoms with van der Waals surface area (Å²) in [6, 6.07) is 1.94. The SMILES string of the molecule is O=C(O)Cc1cc([N+](=O)[O-])c(CBr)cc1F. The van der Waals surface area contributed by atoms with Gasteiger partial charge in [-0.15, -0.1) is 0 Å². The number of halogens is 2. The summed E-state index contributed by atoms with van der Waals surface area (Å²) in [7, 11) is 0. The molecule has 0 aliphatic heterocycles. The van der Waals surface area contributed by atoms with Crippen LogP contribution in [0.1, 0.15) is 11.1 Å². The van der Waals surface area contributed by atoms with Crippen LogP contribution in [0, 0.1) is 15.9 Å². The first kappa shape index (κ1) is 12.6. The highest BCUT2D eigenvalue weighted by Crippen LogP contribution is 2.25. The van der Waals surface area contributed by atoms with Gasteiger partial charge in [-0.2, -0.15) is 0 Å². The summed E-state index contributed by atoms with van der Waals surface area (Å²) < 4.78 is 13.3. The second-order valence-corrected chi connectivity index (χ2v) is 3.59. The third kappa shape index (κ3) is 2.75. The molecule has 5 nitrogen and oxygen atoms in total. The molecule has 7 heteroatoms. The van der Waals surface area contributed by atoms with Crippen LogP contribution in [0.25, 0.3) is 0 Å². The summed E-state index contributed by atoms with van der Waals surface area (Å²) in [4.78, 5) is 20.4. The zero-order chi connectivity index (χ0) is 12.3. The predicted molar refractivity (Wildman–Crippen MR) is 57.0 cm³/mol. The standard InChI is InChI=1S/C9H7BrFNO4/c10-4-6-1-7(11)5(3-9(13)14)2-8(6)12(15)16/h1-2H,3-4H2,(H,13,14). The van der Waals surface area contributed by atoms with Gasteiger partial charge in [0.05, 0.1) is 11.3 Å². The molecule has 0 aromatic heterocycles. The van der Waals surface area contributed by atoms with Gasteiger partial charge < -0.3 is 5.11 Å². The molecule has 1 aromatic rings. The molecule has 0 radical (unpaired) electrons. The lowest BCUT2D eigenvalue weighted by Crippen LogP contribution is -2.05. The summed E-state index contributed by atoms with van der Waals surface area (Å²) in [5.74, 6) is -1.98. The average Bonchev–Trinajstić information content (AvgIpc) is 2.19. The van der Waals surface area contributed by atoms with Crippen molar-refractivity contribution in [3.63, 3.8) is 0 Å². The maximum atomic E-state index is 13.3. The van der Waals surface area contributed by atoms with E-state index in [1.807, 2.05) is 0 Å². The van der Waals surface area contributed by atoms with E-state index in [4.69, 9.17) is 5.11 Å². The van der Waals surface area contributed by atoms with E-state index < -0.39 is 23.1 Å². The fraction of sp³-hybridized carbons (Fsp3) is 0.222. The molecule has 0 aliphatic carbocycles. The lowest BCUT2D eigenvalue weighted by Gasteiger charge is -2.04. The van der Waals surface area contributed by atoms with Crippen LogP contribution in [-0.2, 0) is 16.5 Å². The van der Waals surface area contributed by atoms with E-state index in [2.05, 4.69) is 15.9 Å². The highest BCUT2D eigenvalue weighted by molar-refractivity contribution is 9.08. The van der Waals surface area contributed by atoms with E-state index in [0.29, 0.717) is 0 Å². The molecule has 16 heavy (non-hydrogen) atoms. The van der Waals surface area contributed by atoms with Gasteiger partial charge in [0.1, 0.15) is 5.82 Å². The molecule has 86 valence electrons. The number of benzene rings is 1. The maximum Gasteiger partial charge on any atom is 0.307 e. The Hall–Kier alpha value is -1.50. The number of aliphatic carboxylic acids is 1. The van der Waals surface area contributed by atoms with E-state index in [0.717, 1.165) is 12.1 Å². The molecule has 0 unspecified atom stereocenters. The van der Waals surface area contributed by atoms with Gasteiger partial charge in [0.15, 0.2) is 0 Å². The van der Waals surface area contributed by atoms with Crippen LogP contribution in [0.4, 0.5) is 10.1 Å². The molecular formula is C9H7BrFNO4. The van der Waals surface area contributed by atoms with Crippen LogP contribution in [0.3, 0.4) is 0 Å². The Balaban J connectivity index is 3.27. The minimum absolute atomic E-state index is 0.133. The van der Waals surface area contributed by atoms with Gasteiger partial charge in [0.25, 0.3) is 5.69 Å². The van der Waals surface area contributed by atoms with Crippen LogP contribution in [0.15, 0.2) is 12.1 Å². The molecule has 1 rings (SSSR count). The van der Waals surface area contributed by atoms with Gasteiger partial charge in [0, 0.05) is 22.5 Å². The van der Waals surface area contributed by atoms with Crippen molar-refractivity contribution in [2.45, 2.75) is 11.8 Å². The number of carboxylic acids is 1. The van der Waals surface area contributed by atoms with Crippen LogP contribution in [0.5, 0.6) is 0 Å². The minimum atomic E-state index is -1.24. The molecule has 1 aromatic carbocycles. The van der Waals surface area contributed by atoms with Crippen molar-refractivity contribution < 1.29 is 19.2 Å². The molecule has 0 saturated carbocycles. The number of nitro groups is 1. The molecule has 0 atom stereocenters. The van der Waals surface area contributed by atoms with Crippen molar-refractivity contribution in [2.24, 2.45) is 0 Å². The summed E-state index contributed by atoms with van der Waals surface area (Å²) in [6.07, 6.45) is -0.574. The second kappa shape index (κ2) is 5.02. The lowest BCUT2D eigenvalue weighted by atomic mass is 10.1. The van der Waals surface area contributed by atoms with Crippen molar-refractivity contribution in [3.05, 3.63) is 39.2 Å². The fourth-order valence-electron chi connectivity index (χ4n) is 1.22. The van der Waals surface area contributed by atoms with Crippen LogP contribution >= 0.6 is 15.9 Å². The van der Waals surface area contributed by atoms with Gasteiger partial charge >= 0.3 is 5.97 Å². The molecule has 0 saturated heterocycles. The van der Waals surface area contributed by atoms with Crippen molar-refractivity contribution in [1.29, 1.82) is 0 Å². The van der Waals surface area contributed by atoms with Crippen molar-refractivity contribution in [3.8, 4) is 0 Å². The average molecular weight is 292 g/mol. The van der Waals surface area contributed by atoms with E-state index in [1.54, 1.807) is 0 Å². The molecule has 0 fully saturated rings. The number of rotatable bonds is 4. The van der Waals surface area contributed by atoms with Gasteiger partial charge in [-0.1, -0.05) is 15.9 Å². The second-order valence-electron chi connectivity index (χ2n) is 3.03. The van der Waals surface area contributed by atoms with E-state index in [-0.39, 0.29) is 22.1 Å². The number of hydrogen-bond donors (Lipinski definition) is 1. The Morgan fingerprint density at radius 1 is 1.50 bits per heavy atom. The zero-order valence-electron chi connectivity index (χ0n) is 7.94. The number of carboxylic acid groups (broad SMARTS) is 1. The number of nitrogens with zero attached hydrogens (tertiary/aromatic N) is 1. The fourth-order valence-corrected chi connectivity index (χ4v) is 1.67. The Morgan fingerprint density at radius 3 is 2.56 bits per heavy atom. The van der Waals surface area contributed by atoms with E-state index in [1.165, 1.54) is 0 Å². The van der Waals surface area contributed by atoms with Crippen molar-refractivity contribution >= 4 is 27.6 Å². The third-order valence-corrected chi connectivity index (χ3v) is 2.53. The van der Waals surface area contributed by atoms with Crippen molar-refractivity contribution in [1.82, 2.24) is 0 Å². The first-order valence-corrected chi connectivity index (χ1v) is 5.31. The maximum absolute atomic E-state index is 13.3. The topological polar surface area (TPSA) is 80.4 Å². The Bertz CT molecular complexity index is 449. The summed E-state index contributed by atoms with van der Waals surface area (Å²) in [5, 5.41) is 19.3. The van der Waals surface area contributed by atoms with Gasteiger partial charge in [-0.05, 0) is 6.07 Å². The molecule has 1 N–H and O–H groups in total. The van der Waals surface area contributed by atoms with Crippen LogP contribution < -0.4 is 0 Å². The molecule has 0 spiro atoms. The first-order valence-electron chi connectivity index (χ1n) is 4.19. The van der Waals surface area contributed by atoms with Gasteiger partial charge in [0.2, 0.25) is 0 Å². The lowest BCUT2D eigenvalue weighted by molar-refractivity contribution is -0.385. The number of nitro benzene ring substituents is 1. The van der Waals surface area contributed by atoms with E-state index in [9.17, 15) is 19.3 Å². The highest BCUT2D eigenvalue weighted by atomic mass is 79.9. The first-order chi connectivity index (χ1) is 7.45. The summed E-state index contributed by atoms with van der Waals surface area (Å²) in [6.45, 7) is 0. The predicted octanol–water partition coefficient (Wildman–Crippen LogP) is 2.26. The number of alkyl halides is 1. The molecular weight excluding hydrogens is 285 g/mol. The molecule has 0 bridgehead atoms. The Kier molecular flexibility index (Phi) is 3.94. The minimum Gasteiger partial charge on any atom is -0.481 e. The molecule has 0 amide bonds. The van der Waals surface area contributed by atoms with E-state index >= 15 is 0 Å². The van der Waals surface area contributed by atoms with Gasteiger partial charge in [-0.25, -0.2) is 4.39 Å². The van der Waals surface area contributed by atoms with Crippen LogP contribution in [0.2, 0.25) is 0 Å². The number of carbonyl (C=O) groups is 1. The highest BCUT2D eigenvalue weighted by Gasteiger charge is 2.18. The molecule has 0 heterocycles.